The molecule has 3 aromatic rings. The second kappa shape index (κ2) is 13.3. The lowest BCUT2D eigenvalue weighted by Gasteiger charge is -2.37. The van der Waals surface area contributed by atoms with Gasteiger partial charge >= 0.3 is 12.1 Å². The SMILES string of the molecule is CC(C)(C)OC(=O)N1CCN(c2ccncc2NC(=O)c2csc(NC(=O)Nc3ccc(N4CCOCC4)cc3)n2)CC1. The molecule has 228 valence electrons. The van der Waals surface area contributed by atoms with Crippen molar-refractivity contribution < 1.29 is 23.9 Å². The summed E-state index contributed by atoms with van der Waals surface area (Å²) >= 11 is 1.15. The molecule has 2 aliphatic heterocycles. The summed E-state index contributed by atoms with van der Waals surface area (Å²) in [6, 6.07) is 8.97. The van der Waals surface area contributed by atoms with E-state index in [4.69, 9.17) is 9.47 Å². The molecule has 2 saturated heterocycles. The normalized spacial score (nSPS) is 15.6. The van der Waals surface area contributed by atoms with Gasteiger partial charge in [-0.1, -0.05) is 0 Å². The number of carbonyl (C=O) groups is 3. The quantitative estimate of drug-likeness (QED) is 0.373. The van der Waals surface area contributed by atoms with Gasteiger partial charge in [-0.3, -0.25) is 15.1 Å². The van der Waals surface area contributed by atoms with Gasteiger partial charge in [-0.25, -0.2) is 14.6 Å². The number of rotatable bonds is 6. The zero-order valence-electron chi connectivity index (χ0n) is 24.5. The number of urea groups is 1. The maximum atomic E-state index is 13.1. The maximum absolute atomic E-state index is 13.1. The molecule has 0 unspecified atom stereocenters. The van der Waals surface area contributed by atoms with Gasteiger partial charge in [-0.05, 0) is 51.1 Å². The molecule has 2 fully saturated rings. The van der Waals surface area contributed by atoms with Crippen molar-refractivity contribution >= 4 is 57.2 Å². The van der Waals surface area contributed by atoms with E-state index >= 15 is 0 Å². The zero-order chi connectivity index (χ0) is 30.4. The minimum absolute atomic E-state index is 0.166. The lowest BCUT2D eigenvalue weighted by Crippen LogP contribution is -2.50. The van der Waals surface area contributed by atoms with Crippen molar-refractivity contribution in [2.75, 3.05) is 78.2 Å². The predicted octanol–water partition coefficient (Wildman–Crippen LogP) is 4.33. The number of anilines is 5. The van der Waals surface area contributed by atoms with Crippen molar-refractivity contribution in [2.24, 2.45) is 0 Å². The second-order valence-electron chi connectivity index (χ2n) is 11.1. The summed E-state index contributed by atoms with van der Waals surface area (Å²) in [6.07, 6.45) is 2.90. The minimum atomic E-state index is -0.554. The number of benzene rings is 1. The number of hydrogen-bond donors (Lipinski definition) is 3. The van der Waals surface area contributed by atoms with Gasteiger partial charge in [0.2, 0.25) is 0 Å². The van der Waals surface area contributed by atoms with Gasteiger partial charge in [0.1, 0.15) is 11.3 Å². The topological polar surface area (TPSA) is 141 Å². The van der Waals surface area contributed by atoms with Gasteiger partial charge in [0, 0.05) is 62.2 Å². The average Bonchev–Trinajstić information content (AvgIpc) is 3.46. The molecule has 14 heteroatoms. The van der Waals surface area contributed by atoms with Crippen molar-refractivity contribution in [2.45, 2.75) is 26.4 Å². The fourth-order valence-corrected chi connectivity index (χ4v) is 5.36. The van der Waals surface area contributed by atoms with Crippen LogP contribution in [0.25, 0.3) is 0 Å². The molecule has 2 aliphatic rings. The number of aromatic nitrogens is 2. The van der Waals surface area contributed by atoms with Crippen molar-refractivity contribution in [1.29, 1.82) is 0 Å². The third-order valence-electron chi connectivity index (χ3n) is 6.78. The summed E-state index contributed by atoms with van der Waals surface area (Å²) < 4.78 is 10.9. The number of nitrogens with zero attached hydrogens (tertiary/aromatic N) is 5. The first-order valence-electron chi connectivity index (χ1n) is 14.1. The molecule has 5 rings (SSSR count). The van der Waals surface area contributed by atoms with E-state index in [1.165, 1.54) is 0 Å². The van der Waals surface area contributed by atoms with Crippen LogP contribution in [-0.2, 0) is 9.47 Å². The number of pyridine rings is 1. The fraction of sp³-hybridized carbons (Fsp3) is 0.414. The van der Waals surface area contributed by atoms with E-state index in [0.29, 0.717) is 50.8 Å². The number of thiazole rings is 1. The summed E-state index contributed by atoms with van der Waals surface area (Å²) in [5, 5.41) is 10.2. The lowest BCUT2D eigenvalue weighted by molar-refractivity contribution is 0.0240. The smallest absolute Gasteiger partial charge is 0.410 e. The van der Waals surface area contributed by atoms with Crippen LogP contribution < -0.4 is 25.8 Å². The van der Waals surface area contributed by atoms with E-state index in [0.717, 1.165) is 35.8 Å². The van der Waals surface area contributed by atoms with Gasteiger partial charge in [0.15, 0.2) is 5.13 Å². The second-order valence-corrected chi connectivity index (χ2v) is 11.9. The zero-order valence-corrected chi connectivity index (χ0v) is 25.3. The van der Waals surface area contributed by atoms with Crippen LogP contribution in [0, 0.1) is 0 Å². The Bertz CT molecular complexity index is 1430. The van der Waals surface area contributed by atoms with E-state index in [-0.39, 0.29) is 16.9 Å². The van der Waals surface area contributed by atoms with Gasteiger partial charge in [-0.15, -0.1) is 11.3 Å². The molecular weight excluding hydrogens is 572 g/mol. The van der Waals surface area contributed by atoms with E-state index in [9.17, 15) is 14.4 Å². The molecule has 2 aromatic heterocycles. The molecule has 1 aromatic carbocycles. The summed E-state index contributed by atoms with van der Waals surface area (Å²) in [5.41, 5.74) is 2.64. The Morgan fingerprint density at radius 3 is 2.33 bits per heavy atom. The largest absolute Gasteiger partial charge is 0.444 e. The van der Waals surface area contributed by atoms with Crippen LogP contribution in [0.3, 0.4) is 0 Å². The maximum Gasteiger partial charge on any atom is 0.410 e. The van der Waals surface area contributed by atoms with Crippen molar-refractivity contribution in [3.05, 3.63) is 53.8 Å². The van der Waals surface area contributed by atoms with E-state index < -0.39 is 17.5 Å². The van der Waals surface area contributed by atoms with Gasteiger partial charge < -0.3 is 34.8 Å². The Hall–Kier alpha value is -4.43. The number of piperazine rings is 1. The summed E-state index contributed by atoms with van der Waals surface area (Å²) in [7, 11) is 0. The van der Waals surface area contributed by atoms with Crippen molar-refractivity contribution in [3.8, 4) is 0 Å². The molecule has 4 heterocycles. The van der Waals surface area contributed by atoms with Gasteiger partial charge in [0.25, 0.3) is 5.91 Å². The highest BCUT2D eigenvalue weighted by atomic mass is 32.1. The summed E-state index contributed by atoms with van der Waals surface area (Å²) in [6.45, 7) is 10.7. The molecule has 3 N–H and O–H groups in total. The standard InChI is InChI=1S/C29H36N8O5S/c1-29(2,3)42-28(40)37-12-10-36(11-13-37)24-8-9-30-18-22(24)32-25(38)23-19-43-27(33-23)34-26(39)31-20-4-6-21(7-5-20)35-14-16-41-17-15-35/h4-9,18-19H,10-17H2,1-3H3,(H,32,38)(H2,31,33,34,39). The number of nitrogens with one attached hydrogen (secondary N) is 3. The van der Waals surface area contributed by atoms with Crippen LogP contribution in [0.4, 0.5) is 37.5 Å². The Kier molecular flexibility index (Phi) is 9.26. The average molecular weight is 609 g/mol. The van der Waals surface area contributed by atoms with Crippen LogP contribution in [-0.4, -0.2) is 91.0 Å². The number of carbonyl (C=O) groups excluding carboxylic acids is 3. The first-order chi connectivity index (χ1) is 20.6. The van der Waals surface area contributed by atoms with Crippen LogP contribution in [0.5, 0.6) is 0 Å². The monoisotopic (exact) mass is 608 g/mol. The molecule has 0 radical (unpaired) electrons. The van der Waals surface area contributed by atoms with Crippen molar-refractivity contribution in [3.63, 3.8) is 0 Å². The molecule has 0 spiro atoms. The molecule has 4 amide bonds. The van der Waals surface area contributed by atoms with Gasteiger partial charge in [0.05, 0.1) is 30.8 Å². The molecule has 0 saturated carbocycles. The molecule has 0 atom stereocenters. The molecule has 0 bridgehead atoms. The Morgan fingerprint density at radius 1 is 0.907 bits per heavy atom. The Labute approximate surface area is 254 Å². The number of morpholine rings is 1. The third kappa shape index (κ3) is 8.11. The summed E-state index contributed by atoms with van der Waals surface area (Å²) in [5.74, 6) is -0.426. The van der Waals surface area contributed by atoms with Crippen LogP contribution >= 0.6 is 11.3 Å². The highest BCUT2D eigenvalue weighted by Gasteiger charge is 2.27. The third-order valence-corrected chi connectivity index (χ3v) is 7.53. The first kappa shape index (κ1) is 30.0. The number of amides is 4. The molecular formula is C29H36N8O5S. The van der Waals surface area contributed by atoms with Gasteiger partial charge in [-0.2, -0.15) is 0 Å². The Morgan fingerprint density at radius 2 is 1.63 bits per heavy atom. The van der Waals surface area contributed by atoms with E-state index in [2.05, 4.69) is 35.7 Å². The van der Waals surface area contributed by atoms with Crippen LogP contribution in [0.1, 0.15) is 31.3 Å². The molecule has 0 aliphatic carbocycles. The number of hydrogen-bond acceptors (Lipinski definition) is 10. The summed E-state index contributed by atoms with van der Waals surface area (Å²) in [4.78, 5) is 52.5. The number of ether oxygens (including phenoxy) is 2. The van der Waals surface area contributed by atoms with Crippen LogP contribution in [0.2, 0.25) is 0 Å². The highest BCUT2D eigenvalue weighted by Crippen LogP contribution is 2.27. The van der Waals surface area contributed by atoms with E-state index in [1.807, 2.05) is 51.1 Å². The lowest BCUT2D eigenvalue weighted by atomic mass is 10.2. The molecule has 13 nitrogen and oxygen atoms in total. The van der Waals surface area contributed by atoms with Crippen molar-refractivity contribution in [1.82, 2.24) is 14.9 Å². The van der Waals surface area contributed by atoms with E-state index in [1.54, 1.807) is 22.7 Å². The Balaban J connectivity index is 1.13. The predicted molar refractivity (Wildman–Crippen MR) is 166 cm³/mol. The first-order valence-corrected chi connectivity index (χ1v) is 15.0. The van der Waals surface area contributed by atoms with Crippen LogP contribution in [0.15, 0.2) is 48.1 Å². The molecule has 43 heavy (non-hydrogen) atoms. The highest BCUT2D eigenvalue weighted by molar-refractivity contribution is 7.14. The minimum Gasteiger partial charge on any atom is -0.444 e. The fourth-order valence-electron chi connectivity index (χ4n) is 4.67.